The van der Waals surface area contributed by atoms with E-state index in [2.05, 4.69) is 15.0 Å². The molecule has 2 N–H and O–H groups in total. The molecule has 7 nitrogen and oxygen atoms in total. The second-order valence-electron chi connectivity index (χ2n) is 6.02. The third kappa shape index (κ3) is 5.09. The Morgan fingerprint density at radius 3 is 2.40 bits per heavy atom. The zero-order valence-electron chi connectivity index (χ0n) is 15.0. The van der Waals surface area contributed by atoms with Crippen LogP contribution < -0.4 is 21.3 Å². The molecule has 0 aliphatic rings. The lowest BCUT2D eigenvalue weighted by molar-refractivity contribution is -0.274. The van der Waals surface area contributed by atoms with Gasteiger partial charge in [-0.05, 0) is 35.9 Å². The van der Waals surface area contributed by atoms with E-state index < -0.39 is 29.3 Å². The molecule has 0 spiro atoms. The van der Waals surface area contributed by atoms with E-state index in [-0.39, 0.29) is 17.8 Å². The topological polar surface area (TPSA) is 93.2 Å². The standard InChI is InChI=1S/C19H13ClF3N3O4/c20-15-4-2-1-3-11(15)10-26-17(28)14(9-24-18(26)29)16(27)25-12-5-7-13(8-6-12)30-19(21,22)23/h1-9H,10H2,(H,24,29)(H,25,27). The van der Waals surface area contributed by atoms with E-state index in [1.54, 1.807) is 24.3 Å². The molecule has 11 heteroatoms. The quantitative estimate of drug-likeness (QED) is 0.637. The molecule has 0 fully saturated rings. The fourth-order valence-electron chi connectivity index (χ4n) is 2.55. The molecule has 0 aliphatic heterocycles. The summed E-state index contributed by atoms with van der Waals surface area (Å²) in [5.74, 6) is -1.32. The highest BCUT2D eigenvalue weighted by molar-refractivity contribution is 6.31. The van der Waals surface area contributed by atoms with Gasteiger partial charge < -0.3 is 15.0 Å². The number of nitrogens with one attached hydrogen (secondary N) is 2. The van der Waals surface area contributed by atoms with Gasteiger partial charge in [-0.1, -0.05) is 29.8 Å². The van der Waals surface area contributed by atoms with Crippen molar-refractivity contribution in [2.75, 3.05) is 5.32 Å². The lowest BCUT2D eigenvalue weighted by Crippen LogP contribution is -2.39. The van der Waals surface area contributed by atoms with Gasteiger partial charge in [0.15, 0.2) is 0 Å². The third-order valence-corrected chi connectivity index (χ3v) is 4.31. The first-order valence-electron chi connectivity index (χ1n) is 8.37. The van der Waals surface area contributed by atoms with Crippen molar-refractivity contribution in [3.8, 4) is 5.75 Å². The number of hydrogen-bond acceptors (Lipinski definition) is 4. The number of hydrogen-bond donors (Lipinski definition) is 2. The number of aromatic amines is 1. The number of halogens is 4. The number of ether oxygens (including phenoxy) is 1. The van der Waals surface area contributed by atoms with Crippen LogP contribution in [0.25, 0.3) is 0 Å². The Hall–Kier alpha value is -3.53. The van der Waals surface area contributed by atoms with Crippen LogP contribution in [0.15, 0.2) is 64.3 Å². The first-order chi connectivity index (χ1) is 14.1. The summed E-state index contributed by atoms with van der Waals surface area (Å²) in [5.41, 5.74) is -1.32. The molecule has 1 heterocycles. The predicted molar refractivity (Wildman–Crippen MR) is 103 cm³/mol. The maximum atomic E-state index is 12.6. The van der Waals surface area contributed by atoms with Gasteiger partial charge in [0, 0.05) is 16.9 Å². The van der Waals surface area contributed by atoms with Crippen molar-refractivity contribution in [3.05, 3.63) is 91.7 Å². The van der Waals surface area contributed by atoms with Crippen LogP contribution in [0.1, 0.15) is 15.9 Å². The molecule has 30 heavy (non-hydrogen) atoms. The zero-order chi connectivity index (χ0) is 21.9. The highest BCUT2D eigenvalue weighted by atomic mass is 35.5. The lowest BCUT2D eigenvalue weighted by atomic mass is 10.2. The second kappa shape index (κ2) is 8.46. The Morgan fingerprint density at radius 1 is 1.10 bits per heavy atom. The van der Waals surface area contributed by atoms with Gasteiger partial charge in [0.25, 0.3) is 11.5 Å². The minimum Gasteiger partial charge on any atom is -0.406 e. The zero-order valence-corrected chi connectivity index (χ0v) is 15.8. The molecule has 0 atom stereocenters. The Balaban J connectivity index is 1.82. The molecule has 3 rings (SSSR count). The van der Waals surface area contributed by atoms with E-state index >= 15 is 0 Å². The molecule has 0 saturated heterocycles. The molecule has 3 aromatic rings. The van der Waals surface area contributed by atoms with Gasteiger partial charge in [-0.15, -0.1) is 13.2 Å². The van der Waals surface area contributed by atoms with Crippen LogP contribution in [-0.2, 0) is 6.54 Å². The van der Waals surface area contributed by atoms with E-state index in [9.17, 15) is 27.6 Å². The number of benzene rings is 2. The van der Waals surface area contributed by atoms with E-state index in [0.717, 1.165) is 22.9 Å². The summed E-state index contributed by atoms with van der Waals surface area (Å²) in [7, 11) is 0. The van der Waals surface area contributed by atoms with Gasteiger partial charge in [-0.25, -0.2) is 4.79 Å². The molecule has 1 aromatic heterocycles. The average Bonchev–Trinajstić information content (AvgIpc) is 2.67. The van der Waals surface area contributed by atoms with Gasteiger partial charge in [-0.3, -0.25) is 14.2 Å². The van der Waals surface area contributed by atoms with Crippen molar-refractivity contribution in [2.45, 2.75) is 12.9 Å². The third-order valence-electron chi connectivity index (χ3n) is 3.94. The van der Waals surface area contributed by atoms with Crippen molar-refractivity contribution in [1.82, 2.24) is 9.55 Å². The molecular weight excluding hydrogens is 427 g/mol. The number of nitrogens with zero attached hydrogens (tertiary/aromatic N) is 1. The van der Waals surface area contributed by atoms with E-state index in [1.807, 2.05) is 0 Å². The largest absolute Gasteiger partial charge is 0.573 e. The highest BCUT2D eigenvalue weighted by Crippen LogP contribution is 2.24. The van der Waals surface area contributed by atoms with Crippen LogP contribution in [0.3, 0.4) is 0 Å². The molecule has 0 radical (unpaired) electrons. The van der Waals surface area contributed by atoms with E-state index in [1.165, 1.54) is 12.1 Å². The van der Waals surface area contributed by atoms with Crippen molar-refractivity contribution in [3.63, 3.8) is 0 Å². The highest BCUT2D eigenvalue weighted by Gasteiger charge is 2.31. The van der Waals surface area contributed by atoms with Crippen molar-refractivity contribution in [1.29, 1.82) is 0 Å². The number of aromatic nitrogens is 2. The molecule has 0 aliphatic carbocycles. The van der Waals surface area contributed by atoms with Crippen molar-refractivity contribution < 1.29 is 22.7 Å². The summed E-state index contributed by atoms with van der Waals surface area (Å²) in [6.45, 7) is -0.154. The number of H-pyrrole nitrogens is 1. The van der Waals surface area contributed by atoms with Crippen LogP contribution in [-0.4, -0.2) is 21.8 Å². The Kier molecular flexibility index (Phi) is 5.97. The molecule has 0 saturated carbocycles. The SMILES string of the molecule is O=C(Nc1ccc(OC(F)(F)F)cc1)c1c[nH]c(=O)n(Cc2ccccc2Cl)c1=O. The number of alkyl halides is 3. The number of anilines is 1. The second-order valence-corrected chi connectivity index (χ2v) is 6.42. The van der Waals surface area contributed by atoms with Gasteiger partial charge >= 0.3 is 12.1 Å². The Morgan fingerprint density at radius 2 is 1.77 bits per heavy atom. The fraction of sp³-hybridized carbons (Fsp3) is 0.105. The fourth-order valence-corrected chi connectivity index (χ4v) is 2.75. The van der Waals surface area contributed by atoms with Crippen LogP contribution in [0, 0.1) is 0 Å². The van der Waals surface area contributed by atoms with Gasteiger partial charge in [0.2, 0.25) is 0 Å². The monoisotopic (exact) mass is 439 g/mol. The van der Waals surface area contributed by atoms with Crippen LogP contribution in [0.2, 0.25) is 5.02 Å². The van der Waals surface area contributed by atoms with Crippen LogP contribution in [0.5, 0.6) is 5.75 Å². The number of carbonyl (C=O) groups excluding carboxylic acids is 1. The lowest BCUT2D eigenvalue weighted by Gasteiger charge is -2.11. The Labute approximate surface area is 171 Å². The maximum Gasteiger partial charge on any atom is 0.573 e. The normalized spacial score (nSPS) is 11.2. The summed E-state index contributed by atoms with van der Waals surface area (Å²) in [4.78, 5) is 39.5. The van der Waals surface area contributed by atoms with Crippen molar-refractivity contribution >= 4 is 23.2 Å². The number of amides is 1. The smallest absolute Gasteiger partial charge is 0.406 e. The predicted octanol–water partition coefficient (Wildman–Crippen LogP) is 3.39. The van der Waals surface area contributed by atoms with E-state index in [4.69, 9.17) is 11.6 Å². The minimum absolute atomic E-state index is 0.123. The van der Waals surface area contributed by atoms with Gasteiger partial charge in [0.05, 0.1) is 6.54 Å². The molecule has 0 unspecified atom stereocenters. The summed E-state index contributed by atoms with van der Waals surface area (Å²) in [5, 5.41) is 2.72. The van der Waals surface area contributed by atoms with Crippen LogP contribution >= 0.6 is 11.6 Å². The molecule has 2 aromatic carbocycles. The Bertz CT molecular complexity index is 1190. The first kappa shape index (κ1) is 21.2. The first-order valence-corrected chi connectivity index (χ1v) is 8.75. The average molecular weight is 440 g/mol. The summed E-state index contributed by atoms with van der Waals surface area (Å²) in [6, 6.07) is 11.0. The van der Waals surface area contributed by atoms with E-state index in [0.29, 0.717) is 10.6 Å². The molecule has 156 valence electrons. The molecular formula is C19H13ClF3N3O4. The molecule has 1 amide bonds. The summed E-state index contributed by atoms with van der Waals surface area (Å²) < 4.78 is 41.2. The van der Waals surface area contributed by atoms with Gasteiger partial charge in [0.1, 0.15) is 11.3 Å². The number of rotatable bonds is 5. The molecule has 0 bridgehead atoms. The van der Waals surface area contributed by atoms with Crippen molar-refractivity contribution in [2.24, 2.45) is 0 Å². The summed E-state index contributed by atoms with van der Waals surface area (Å²) in [6.07, 6.45) is -3.88. The maximum absolute atomic E-state index is 12.6. The minimum atomic E-state index is -4.84. The van der Waals surface area contributed by atoms with Crippen LogP contribution in [0.4, 0.5) is 18.9 Å². The van der Waals surface area contributed by atoms with Gasteiger partial charge in [-0.2, -0.15) is 0 Å². The summed E-state index contributed by atoms with van der Waals surface area (Å²) >= 11 is 6.05. The number of carbonyl (C=O) groups is 1.